The average molecular weight is 289 g/mol. The van der Waals surface area contributed by atoms with Crippen molar-refractivity contribution in [3.63, 3.8) is 0 Å². The fourth-order valence-corrected chi connectivity index (χ4v) is 2.24. The monoisotopic (exact) mass is 289 g/mol. The first-order chi connectivity index (χ1) is 8.95. The van der Waals surface area contributed by atoms with Crippen LogP contribution in [0.15, 0.2) is 16.9 Å². The summed E-state index contributed by atoms with van der Waals surface area (Å²) in [6.45, 7) is 4.00. The van der Waals surface area contributed by atoms with Crippen LogP contribution >= 0.6 is 0 Å². The lowest BCUT2D eigenvalue weighted by atomic mass is 10.4. The summed E-state index contributed by atoms with van der Waals surface area (Å²) < 4.78 is 27.3. The van der Waals surface area contributed by atoms with E-state index in [0.717, 1.165) is 13.1 Å². The molecule has 0 saturated heterocycles. The van der Waals surface area contributed by atoms with E-state index >= 15 is 0 Å². The molecule has 1 heterocycles. The van der Waals surface area contributed by atoms with Gasteiger partial charge in [0.15, 0.2) is 5.82 Å². The SMILES string of the molecule is CCNCCCN(C)S(=O)(=O)Nc1ccc(=O)[nH]n1. The molecule has 1 aromatic heterocycles. The van der Waals surface area contributed by atoms with Gasteiger partial charge in [0.25, 0.3) is 5.56 Å². The molecular weight excluding hydrogens is 270 g/mol. The molecule has 0 unspecified atom stereocenters. The third-order valence-electron chi connectivity index (χ3n) is 2.40. The van der Waals surface area contributed by atoms with Crippen LogP contribution in [-0.2, 0) is 10.2 Å². The molecule has 9 heteroatoms. The highest BCUT2D eigenvalue weighted by molar-refractivity contribution is 7.90. The molecular formula is C10H19N5O3S. The third-order valence-corrected chi connectivity index (χ3v) is 3.87. The number of hydrogen-bond donors (Lipinski definition) is 3. The summed E-state index contributed by atoms with van der Waals surface area (Å²) in [4.78, 5) is 10.8. The van der Waals surface area contributed by atoms with Gasteiger partial charge in [-0.15, -0.1) is 0 Å². The Hall–Kier alpha value is -1.45. The predicted octanol–water partition coefficient (Wildman–Crippen LogP) is -0.642. The summed E-state index contributed by atoms with van der Waals surface area (Å²) in [6, 6.07) is 2.51. The second-order valence-corrected chi connectivity index (χ2v) is 5.72. The maximum absolute atomic E-state index is 11.9. The van der Waals surface area contributed by atoms with Crippen molar-refractivity contribution in [2.75, 3.05) is 31.4 Å². The quantitative estimate of drug-likeness (QED) is 0.552. The predicted molar refractivity (Wildman–Crippen MR) is 73.2 cm³/mol. The zero-order chi connectivity index (χ0) is 14.3. The van der Waals surface area contributed by atoms with Crippen LogP contribution in [0.4, 0.5) is 5.82 Å². The molecule has 0 aliphatic carbocycles. The lowest BCUT2D eigenvalue weighted by molar-refractivity contribution is 0.459. The van der Waals surface area contributed by atoms with Gasteiger partial charge in [-0.3, -0.25) is 9.52 Å². The van der Waals surface area contributed by atoms with Crippen LogP contribution < -0.4 is 15.6 Å². The summed E-state index contributed by atoms with van der Waals surface area (Å²) in [5, 5.41) is 8.87. The maximum Gasteiger partial charge on any atom is 0.302 e. The number of H-pyrrole nitrogens is 1. The van der Waals surface area contributed by atoms with E-state index in [1.54, 1.807) is 0 Å². The van der Waals surface area contributed by atoms with Gasteiger partial charge in [-0.25, -0.2) is 5.10 Å². The molecule has 0 atom stereocenters. The molecule has 0 amide bonds. The van der Waals surface area contributed by atoms with Crippen molar-refractivity contribution in [3.8, 4) is 0 Å². The van der Waals surface area contributed by atoms with Crippen molar-refractivity contribution < 1.29 is 8.42 Å². The van der Waals surface area contributed by atoms with Crippen LogP contribution in [0.2, 0.25) is 0 Å². The highest BCUT2D eigenvalue weighted by Gasteiger charge is 2.17. The number of aromatic nitrogens is 2. The summed E-state index contributed by atoms with van der Waals surface area (Å²) in [5.41, 5.74) is -0.387. The minimum absolute atomic E-state index is 0.0816. The van der Waals surface area contributed by atoms with Crippen LogP contribution in [-0.4, -0.2) is 49.6 Å². The van der Waals surface area contributed by atoms with Crippen molar-refractivity contribution in [1.29, 1.82) is 0 Å². The molecule has 0 spiro atoms. The molecule has 0 bridgehead atoms. The number of anilines is 1. The van der Waals surface area contributed by atoms with Crippen molar-refractivity contribution in [3.05, 3.63) is 22.5 Å². The summed E-state index contributed by atoms with van der Waals surface area (Å²) in [5.74, 6) is 0.0816. The molecule has 1 aromatic rings. The van der Waals surface area contributed by atoms with Crippen molar-refractivity contribution in [2.24, 2.45) is 0 Å². The Labute approximate surface area is 112 Å². The topological polar surface area (TPSA) is 107 Å². The van der Waals surface area contributed by atoms with Gasteiger partial charge in [0, 0.05) is 19.7 Å². The fourth-order valence-electron chi connectivity index (χ4n) is 1.34. The van der Waals surface area contributed by atoms with Gasteiger partial charge in [0.1, 0.15) is 0 Å². The normalized spacial score (nSPS) is 11.7. The van der Waals surface area contributed by atoms with Gasteiger partial charge in [-0.05, 0) is 25.6 Å². The van der Waals surface area contributed by atoms with E-state index in [9.17, 15) is 13.2 Å². The molecule has 108 valence electrons. The second kappa shape index (κ2) is 7.22. The van der Waals surface area contributed by atoms with Crippen LogP contribution in [0.1, 0.15) is 13.3 Å². The summed E-state index contributed by atoms with van der Waals surface area (Å²) in [6.07, 6.45) is 0.713. The van der Waals surface area contributed by atoms with Crippen LogP contribution in [0.3, 0.4) is 0 Å². The Morgan fingerprint density at radius 2 is 2.16 bits per heavy atom. The van der Waals surface area contributed by atoms with Gasteiger partial charge in [-0.2, -0.15) is 17.8 Å². The van der Waals surface area contributed by atoms with Gasteiger partial charge in [0.05, 0.1) is 0 Å². The Kier molecular flexibility index (Phi) is 5.93. The molecule has 0 aliphatic rings. The largest absolute Gasteiger partial charge is 0.317 e. The van der Waals surface area contributed by atoms with Crippen molar-refractivity contribution in [2.45, 2.75) is 13.3 Å². The standard InChI is InChI=1S/C10H19N5O3S/c1-3-11-7-4-8-15(2)19(17,18)14-9-5-6-10(16)13-12-9/h5-6,11H,3-4,7-8H2,1-2H3,(H,12,14)(H,13,16). The number of hydrogen-bond acceptors (Lipinski definition) is 5. The van der Waals surface area contributed by atoms with E-state index < -0.39 is 10.2 Å². The number of rotatable bonds is 8. The minimum atomic E-state index is -3.64. The van der Waals surface area contributed by atoms with Gasteiger partial charge >= 0.3 is 10.2 Å². The summed E-state index contributed by atoms with van der Waals surface area (Å²) in [7, 11) is -2.16. The lowest BCUT2D eigenvalue weighted by Crippen LogP contribution is -2.35. The van der Waals surface area contributed by atoms with E-state index in [-0.39, 0.29) is 11.4 Å². The first-order valence-electron chi connectivity index (χ1n) is 5.96. The number of nitrogens with one attached hydrogen (secondary N) is 3. The highest BCUT2D eigenvalue weighted by atomic mass is 32.2. The first kappa shape index (κ1) is 15.6. The van der Waals surface area contributed by atoms with Gasteiger partial charge in [-0.1, -0.05) is 6.92 Å². The molecule has 3 N–H and O–H groups in total. The average Bonchev–Trinajstić information content (AvgIpc) is 2.37. The smallest absolute Gasteiger partial charge is 0.302 e. The highest BCUT2D eigenvalue weighted by Crippen LogP contribution is 2.04. The van der Waals surface area contributed by atoms with E-state index in [0.29, 0.717) is 13.0 Å². The molecule has 8 nitrogen and oxygen atoms in total. The molecule has 1 rings (SSSR count). The van der Waals surface area contributed by atoms with E-state index in [4.69, 9.17) is 0 Å². The van der Waals surface area contributed by atoms with Crippen LogP contribution in [0.5, 0.6) is 0 Å². The zero-order valence-corrected chi connectivity index (χ0v) is 11.8. The second-order valence-electron chi connectivity index (χ2n) is 3.94. The minimum Gasteiger partial charge on any atom is -0.317 e. The van der Waals surface area contributed by atoms with Crippen molar-refractivity contribution in [1.82, 2.24) is 19.8 Å². The molecule has 0 aliphatic heterocycles. The van der Waals surface area contributed by atoms with Gasteiger partial charge < -0.3 is 5.32 Å². The lowest BCUT2D eigenvalue weighted by Gasteiger charge is -2.17. The third kappa shape index (κ3) is 5.37. The van der Waals surface area contributed by atoms with Gasteiger partial charge in [0.2, 0.25) is 0 Å². The Balaban J connectivity index is 2.54. The molecule has 0 aromatic carbocycles. The van der Waals surface area contributed by atoms with E-state index in [1.165, 1.54) is 23.5 Å². The number of aromatic amines is 1. The van der Waals surface area contributed by atoms with E-state index in [2.05, 4.69) is 20.2 Å². The molecule has 19 heavy (non-hydrogen) atoms. The molecule has 0 radical (unpaired) electrons. The van der Waals surface area contributed by atoms with Crippen LogP contribution in [0, 0.1) is 0 Å². The number of nitrogens with zero attached hydrogens (tertiary/aromatic N) is 2. The first-order valence-corrected chi connectivity index (χ1v) is 7.40. The van der Waals surface area contributed by atoms with Crippen LogP contribution in [0.25, 0.3) is 0 Å². The zero-order valence-electron chi connectivity index (χ0n) is 11.0. The molecule has 0 saturated carbocycles. The van der Waals surface area contributed by atoms with Crippen molar-refractivity contribution >= 4 is 16.0 Å². The maximum atomic E-state index is 11.9. The Morgan fingerprint density at radius 3 is 2.74 bits per heavy atom. The Bertz CT molecular complexity index is 522. The fraction of sp³-hybridized carbons (Fsp3) is 0.600. The molecule has 0 fully saturated rings. The summed E-state index contributed by atoms with van der Waals surface area (Å²) >= 11 is 0. The Morgan fingerprint density at radius 1 is 1.42 bits per heavy atom. The van der Waals surface area contributed by atoms with E-state index in [1.807, 2.05) is 6.92 Å².